The van der Waals surface area contributed by atoms with Gasteiger partial charge in [-0.25, -0.2) is 0 Å². The van der Waals surface area contributed by atoms with E-state index in [4.69, 9.17) is 4.52 Å². The minimum absolute atomic E-state index is 0.0185. The molecular formula is C26H21N3O2. The van der Waals surface area contributed by atoms with E-state index in [2.05, 4.69) is 24.3 Å². The molecule has 0 unspecified atom stereocenters. The van der Waals surface area contributed by atoms with Gasteiger partial charge in [-0.15, -0.1) is 0 Å². The molecule has 0 radical (unpaired) electrons. The van der Waals surface area contributed by atoms with Gasteiger partial charge in [0.25, 0.3) is 5.91 Å². The average molecular weight is 407 g/mol. The Morgan fingerprint density at radius 2 is 1.81 bits per heavy atom. The molecule has 0 saturated heterocycles. The molecule has 152 valence electrons. The maximum Gasteiger partial charge on any atom is 0.266 e. The van der Waals surface area contributed by atoms with Crippen LogP contribution in [0.4, 0.5) is 5.69 Å². The van der Waals surface area contributed by atoms with Crippen LogP contribution in [0.2, 0.25) is 0 Å². The Labute approximate surface area is 180 Å². The summed E-state index contributed by atoms with van der Waals surface area (Å²) in [7, 11) is 0. The summed E-state index contributed by atoms with van der Waals surface area (Å²) in [6.07, 6.45) is 1.57. The Kier molecular flexibility index (Phi) is 5.63. The van der Waals surface area contributed by atoms with Gasteiger partial charge in [-0.05, 0) is 47.4 Å². The number of aromatic nitrogens is 1. The minimum atomic E-state index is -0.450. The average Bonchev–Trinajstić information content (AvgIpc) is 3.21. The van der Waals surface area contributed by atoms with Crippen LogP contribution in [0.15, 0.2) is 82.9 Å². The number of nitriles is 1. The molecule has 0 spiro atoms. The lowest BCUT2D eigenvalue weighted by molar-refractivity contribution is -0.112. The van der Waals surface area contributed by atoms with Gasteiger partial charge >= 0.3 is 0 Å². The van der Waals surface area contributed by atoms with Crippen molar-refractivity contribution in [3.8, 4) is 17.4 Å². The fourth-order valence-corrected chi connectivity index (χ4v) is 3.31. The first-order chi connectivity index (χ1) is 15.0. The number of nitrogens with one attached hydrogen (secondary N) is 1. The van der Waals surface area contributed by atoms with E-state index in [1.807, 2.05) is 78.9 Å². The summed E-state index contributed by atoms with van der Waals surface area (Å²) in [5.74, 6) is 0.611. The largest absolute Gasteiger partial charge is 0.355 e. The number of carbonyl (C=O) groups is 1. The second-order valence-electron chi connectivity index (χ2n) is 7.55. The van der Waals surface area contributed by atoms with Crippen molar-refractivity contribution in [1.29, 1.82) is 5.26 Å². The summed E-state index contributed by atoms with van der Waals surface area (Å²) < 4.78 is 5.53. The molecule has 5 nitrogen and oxygen atoms in total. The number of hydrogen-bond acceptors (Lipinski definition) is 4. The molecule has 4 aromatic rings. The minimum Gasteiger partial charge on any atom is -0.355 e. The first kappa shape index (κ1) is 20.1. The third kappa shape index (κ3) is 4.39. The number of nitrogens with zero attached hydrogens (tertiary/aromatic N) is 2. The highest BCUT2D eigenvalue weighted by Crippen LogP contribution is 2.29. The van der Waals surface area contributed by atoms with Crippen LogP contribution >= 0.6 is 0 Å². The predicted octanol–water partition coefficient (Wildman–Crippen LogP) is 6.16. The van der Waals surface area contributed by atoms with Crippen molar-refractivity contribution in [1.82, 2.24) is 5.16 Å². The molecule has 1 amide bonds. The van der Waals surface area contributed by atoms with E-state index in [0.29, 0.717) is 22.9 Å². The summed E-state index contributed by atoms with van der Waals surface area (Å²) in [5.41, 5.74) is 4.19. The molecule has 0 aliphatic rings. The van der Waals surface area contributed by atoms with Crippen LogP contribution in [-0.2, 0) is 4.79 Å². The van der Waals surface area contributed by atoms with Crippen molar-refractivity contribution in [3.05, 3.63) is 89.5 Å². The highest BCUT2D eigenvalue weighted by molar-refractivity contribution is 6.10. The maximum atomic E-state index is 12.6. The van der Waals surface area contributed by atoms with Crippen molar-refractivity contribution in [2.75, 3.05) is 5.32 Å². The molecule has 0 atom stereocenters. The number of carbonyl (C=O) groups excluding carboxylic acids is 1. The fourth-order valence-electron chi connectivity index (χ4n) is 3.31. The molecular weight excluding hydrogens is 386 g/mol. The molecule has 0 aliphatic heterocycles. The zero-order valence-electron chi connectivity index (χ0n) is 17.3. The van der Waals surface area contributed by atoms with Crippen LogP contribution in [0.25, 0.3) is 28.3 Å². The molecule has 1 aromatic heterocycles. The zero-order chi connectivity index (χ0) is 21.8. The lowest BCUT2D eigenvalue weighted by Gasteiger charge is -2.08. The molecule has 3 aromatic carbocycles. The van der Waals surface area contributed by atoms with Gasteiger partial charge < -0.3 is 9.84 Å². The van der Waals surface area contributed by atoms with Crippen LogP contribution < -0.4 is 5.32 Å². The van der Waals surface area contributed by atoms with Gasteiger partial charge in [0.15, 0.2) is 5.76 Å². The monoisotopic (exact) mass is 407 g/mol. The summed E-state index contributed by atoms with van der Waals surface area (Å²) >= 11 is 0. The summed E-state index contributed by atoms with van der Waals surface area (Å²) in [5, 5.41) is 17.3. The topological polar surface area (TPSA) is 78.9 Å². The smallest absolute Gasteiger partial charge is 0.266 e. The lowest BCUT2D eigenvalue weighted by atomic mass is 10.0. The third-order valence-electron chi connectivity index (χ3n) is 5.05. The van der Waals surface area contributed by atoms with E-state index >= 15 is 0 Å². The molecule has 0 bridgehead atoms. The molecule has 4 rings (SSSR count). The van der Waals surface area contributed by atoms with E-state index in [9.17, 15) is 10.1 Å². The van der Waals surface area contributed by atoms with Gasteiger partial charge in [-0.1, -0.05) is 67.5 Å². The van der Waals surface area contributed by atoms with E-state index in [0.717, 1.165) is 16.5 Å². The van der Waals surface area contributed by atoms with Gasteiger partial charge in [0.2, 0.25) is 0 Å². The summed E-state index contributed by atoms with van der Waals surface area (Å²) in [4.78, 5) is 12.6. The standard InChI is InChI=1S/C26H21N3O2/c1-17(2)19-9-11-22(12-10-19)28-26(30)21(16-27)14-18-8-13-24-23(15-18)25(31-29-24)20-6-4-3-5-7-20/h3-15,17H,1-2H3,(H,28,30)/b21-14+. The summed E-state index contributed by atoms with van der Waals surface area (Å²) in [6.45, 7) is 4.22. The third-order valence-corrected chi connectivity index (χ3v) is 5.05. The molecule has 0 saturated carbocycles. The zero-order valence-corrected chi connectivity index (χ0v) is 17.3. The normalized spacial score (nSPS) is 11.5. The lowest BCUT2D eigenvalue weighted by Crippen LogP contribution is -2.13. The Balaban J connectivity index is 1.61. The number of fused-ring (bicyclic) bond motifs is 1. The van der Waals surface area contributed by atoms with Crippen LogP contribution in [-0.4, -0.2) is 11.1 Å². The Morgan fingerprint density at radius 1 is 1.06 bits per heavy atom. The number of hydrogen-bond donors (Lipinski definition) is 1. The molecule has 1 N–H and O–H groups in total. The quantitative estimate of drug-likeness (QED) is 0.317. The number of anilines is 1. The number of benzene rings is 3. The van der Waals surface area contributed by atoms with E-state index in [-0.39, 0.29) is 5.57 Å². The molecule has 0 aliphatic carbocycles. The van der Waals surface area contributed by atoms with Crippen LogP contribution in [0.3, 0.4) is 0 Å². The van der Waals surface area contributed by atoms with Gasteiger partial charge in [0, 0.05) is 11.3 Å². The van der Waals surface area contributed by atoms with Gasteiger partial charge in [-0.2, -0.15) is 5.26 Å². The van der Waals surface area contributed by atoms with Crippen LogP contribution in [0.1, 0.15) is 30.9 Å². The van der Waals surface area contributed by atoms with Crippen molar-refractivity contribution in [3.63, 3.8) is 0 Å². The van der Waals surface area contributed by atoms with Crippen molar-refractivity contribution < 1.29 is 9.32 Å². The Hall–Kier alpha value is -4.17. The van der Waals surface area contributed by atoms with Crippen LogP contribution in [0, 0.1) is 11.3 Å². The van der Waals surface area contributed by atoms with Crippen LogP contribution in [0.5, 0.6) is 0 Å². The summed E-state index contributed by atoms with van der Waals surface area (Å²) in [6, 6.07) is 24.8. The van der Waals surface area contributed by atoms with E-state index < -0.39 is 5.91 Å². The van der Waals surface area contributed by atoms with Gasteiger partial charge in [-0.3, -0.25) is 4.79 Å². The number of rotatable bonds is 5. The first-order valence-electron chi connectivity index (χ1n) is 10.0. The second kappa shape index (κ2) is 8.68. The van der Waals surface area contributed by atoms with E-state index in [1.165, 1.54) is 5.56 Å². The maximum absolute atomic E-state index is 12.6. The van der Waals surface area contributed by atoms with Crippen molar-refractivity contribution >= 4 is 28.6 Å². The SMILES string of the molecule is CC(C)c1ccc(NC(=O)/C(C#N)=C/c2ccc3noc(-c4ccccc4)c3c2)cc1. The Morgan fingerprint density at radius 3 is 2.48 bits per heavy atom. The molecule has 1 heterocycles. The predicted molar refractivity (Wildman–Crippen MR) is 122 cm³/mol. The van der Waals surface area contributed by atoms with Gasteiger partial charge in [0.1, 0.15) is 17.2 Å². The Bertz CT molecular complexity index is 1290. The highest BCUT2D eigenvalue weighted by atomic mass is 16.5. The van der Waals surface area contributed by atoms with Crippen molar-refractivity contribution in [2.24, 2.45) is 0 Å². The highest BCUT2D eigenvalue weighted by Gasteiger charge is 2.13. The second-order valence-corrected chi connectivity index (χ2v) is 7.55. The molecule has 0 fully saturated rings. The van der Waals surface area contributed by atoms with Crippen molar-refractivity contribution in [2.45, 2.75) is 19.8 Å². The molecule has 31 heavy (non-hydrogen) atoms. The first-order valence-corrected chi connectivity index (χ1v) is 10.0. The van der Waals surface area contributed by atoms with E-state index in [1.54, 1.807) is 6.08 Å². The molecule has 5 heteroatoms. The van der Waals surface area contributed by atoms with Gasteiger partial charge in [0.05, 0.1) is 5.39 Å². The fraction of sp³-hybridized carbons (Fsp3) is 0.115. The number of amides is 1.